The Kier molecular flexibility index (Phi) is 5.67. The van der Waals surface area contributed by atoms with Crippen LogP contribution in [-0.4, -0.2) is 26.6 Å². The zero-order valence-corrected chi connectivity index (χ0v) is 13.1. The van der Waals surface area contributed by atoms with Crippen molar-refractivity contribution < 1.29 is 14.8 Å². The molecule has 126 valence electrons. The monoisotopic (exact) mass is 331 g/mol. The molecule has 0 unspecified atom stereocenters. The summed E-state index contributed by atoms with van der Waals surface area (Å²) in [7, 11) is 0. The molecule has 2 rings (SSSR count). The lowest BCUT2D eigenvalue weighted by molar-refractivity contribution is -0.387. The van der Waals surface area contributed by atoms with Gasteiger partial charge in [0.2, 0.25) is 0 Å². The molecule has 0 radical (unpaired) electrons. The molecule has 1 heterocycles. The van der Waals surface area contributed by atoms with Gasteiger partial charge in [-0.2, -0.15) is 4.98 Å². The summed E-state index contributed by atoms with van der Waals surface area (Å²) in [5.74, 6) is -0.130. The molecule has 8 nitrogen and oxygen atoms in total. The second-order valence-corrected chi connectivity index (χ2v) is 4.98. The fourth-order valence-electron chi connectivity index (χ4n) is 1.90. The lowest BCUT2D eigenvalue weighted by Crippen LogP contribution is -2.14. The minimum absolute atomic E-state index is 0.0198. The molecular weight excluding hydrogens is 314 g/mol. The molecule has 0 aliphatic rings. The molecule has 24 heavy (non-hydrogen) atoms. The highest BCUT2D eigenvalue weighted by atomic mass is 16.6. The smallest absolute Gasteiger partial charge is 0.395 e. The van der Waals surface area contributed by atoms with Crippen molar-refractivity contribution in [2.24, 2.45) is 0 Å². The van der Waals surface area contributed by atoms with E-state index in [0.717, 1.165) is 24.2 Å². The van der Waals surface area contributed by atoms with Crippen LogP contribution in [0.15, 0.2) is 29.1 Å². The van der Waals surface area contributed by atoms with Gasteiger partial charge >= 0.3 is 11.2 Å². The quantitative estimate of drug-likeness (QED) is 0.457. The number of nitro groups is 1. The molecule has 0 aliphatic carbocycles. The van der Waals surface area contributed by atoms with Crippen molar-refractivity contribution in [3.8, 4) is 11.6 Å². The molecule has 1 aromatic carbocycles. The molecule has 0 amide bonds. The van der Waals surface area contributed by atoms with Crippen LogP contribution in [0.4, 0.5) is 5.69 Å². The van der Waals surface area contributed by atoms with Crippen LogP contribution in [0.1, 0.15) is 31.2 Å². The second kappa shape index (κ2) is 7.91. The molecule has 0 fully saturated rings. The topological polar surface area (TPSA) is 118 Å². The number of aromatic nitrogens is 2. The summed E-state index contributed by atoms with van der Waals surface area (Å²) < 4.78 is 5.55. The van der Waals surface area contributed by atoms with Gasteiger partial charge in [0.15, 0.2) is 0 Å². The van der Waals surface area contributed by atoms with Crippen LogP contribution < -0.4 is 10.3 Å². The number of H-pyrrole nitrogens is 1. The Morgan fingerprint density at radius 1 is 1.33 bits per heavy atom. The molecule has 0 spiro atoms. The van der Waals surface area contributed by atoms with Gasteiger partial charge in [-0.3, -0.25) is 14.9 Å². The third kappa shape index (κ3) is 4.42. The summed E-state index contributed by atoms with van der Waals surface area (Å²) in [6, 6.07) is 7.28. The van der Waals surface area contributed by atoms with E-state index < -0.39 is 22.0 Å². The van der Waals surface area contributed by atoms with Gasteiger partial charge in [-0.15, -0.1) is 0 Å². The van der Waals surface area contributed by atoms with Crippen LogP contribution in [0.5, 0.6) is 11.6 Å². The number of aromatic amines is 1. The van der Waals surface area contributed by atoms with Gasteiger partial charge in [-0.05, 0) is 30.2 Å². The van der Waals surface area contributed by atoms with Crippen LogP contribution in [-0.2, 0) is 0 Å². The molecule has 0 saturated heterocycles. The lowest BCUT2D eigenvalue weighted by Gasteiger charge is -2.05. The number of nitrogens with zero attached hydrogens (tertiary/aromatic N) is 2. The predicted octanol–water partition coefficient (Wildman–Crippen LogP) is 2.73. The van der Waals surface area contributed by atoms with Gasteiger partial charge in [-0.25, -0.2) is 0 Å². The van der Waals surface area contributed by atoms with Gasteiger partial charge in [-0.1, -0.05) is 31.6 Å². The first-order valence-corrected chi connectivity index (χ1v) is 7.40. The largest absolute Gasteiger partial charge is 0.494 e. The lowest BCUT2D eigenvalue weighted by atomic mass is 10.2. The number of unbranched alkanes of at least 4 members (excludes halogenated alkanes) is 1. The van der Waals surface area contributed by atoms with Gasteiger partial charge in [0.25, 0.3) is 5.88 Å². The fraction of sp³-hybridized carbons (Fsp3) is 0.250. The highest BCUT2D eigenvalue weighted by Crippen LogP contribution is 2.18. The van der Waals surface area contributed by atoms with E-state index in [4.69, 9.17) is 4.74 Å². The summed E-state index contributed by atoms with van der Waals surface area (Å²) >= 11 is 0. The van der Waals surface area contributed by atoms with Gasteiger partial charge < -0.3 is 14.8 Å². The maximum atomic E-state index is 11.5. The second-order valence-electron chi connectivity index (χ2n) is 4.98. The molecule has 0 bridgehead atoms. The predicted molar refractivity (Wildman–Crippen MR) is 88.9 cm³/mol. The van der Waals surface area contributed by atoms with E-state index in [1.165, 1.54) is 6.08 Å². The number of aromatic hydroxyl groups is 1. The molecular formula is C16H17N3O5. The van der Waals surface area contributed by atoms with Crippen LogP contribution in [0, 0.1) is 10.1 Å². The number of nitrogens with one attached hydrogen (secondary N) is 1. The Morgan fingerprint density at radius 2 is 2.04 bits per heavy atom. The number of ether oxygens (including phenoxy) is 1. The van der Waals surface area contributed by atoms with Crippen molar-refractivity contribution >= 4 is 17.8 Å². The zero-order chi connectivity index (χ0) is 17.5. The molecule has 0 atom stereocenters. The van der Waals surface area contributed by atoms with Gasteiger partial charge in [0.05, 0.1) is 11.5 Å². The van der Waals surface area contributed by atoms with Crippen molar-refractivity contribution in [2.45, 2.75) is 19.8 Å². The Morgan fingerprint density at radius 3 is 2.62 bits per heavy atom. The maximum Gasteiger partial charge on any atom is 0.395 e. The van der Waals surface area contributed by atoms with Crippen molar-refractivity contribution in [1.82, 2.24) is 9.97 Å². The van der Waals surface area contributed by atoms with Crippen LogP contribution in [0.2, 0.25) is 0 Å². The van der Waals surface area contributed by atoms with Crippen molar-refractivity contribution in [1.29, 1.82) is 0 Å². The Bertz CT molecular complexity index is 796. The van der Waals surface area contributed by atoms with Crippen LogP contribution >= 0.6 is 0 Å². The number of hydrogen-bond acceptors (Lipinski definition) is 6. The van der Waals surface area contributed by atoms with Crippen LogP contribution in [0.25, 0.3) is 12.2 Å². The normalized spacial score (nSPS) is 10.9. The Hall–Kier alpha value is -3.16. The SMILES string of the molecule is CCCCOc1ccc(C=Cc2nc(O)c([N+](=O)[O-])c(=O)[nH]2)cc1. The molecule has 0 saturated carbocycles. The van der Waals surface area contributed by atoms with Crippen molar-refractivity contribution in [3.63, 3.8) is 0 Å². The Labute approximate surface area is 137 Å². The standard InChI is InChI=1S/C16H17N3O5/c1-2-3-10-24-12-7-4-11(5-8-12)6-9-13-17-15(20)14(19(22)23)16(21)18-13/h4-9H,2-3,10H2,1H3,(H2,17,18,20,21). The van der Waals surface area contributed by atoms with Gasteiger partial charge in [0, 0.05) is 0 Å². The number of benzene rings is 1. The molecule has 0 aliphatic heterocycles. The van der Waals surface area contributed by atoms with Gasteiger partial charge in [0.1, 0.15) is 11.6 Å². The van der Waals surface area contributed by atoms with E-state index in [9.17, 15) is 20.0 Å². The number of hydrogen-bond donors (Lipinski definition) is 2. The fourth-order valence-corrected chi connectivity index (χ4v) is 1.90. The minimum Gasteiger partial charge on any atom is -0.494 e. The molecule has 8 heteroatoms. The van der Waals surface area contributed by atoms with E-state index in [0.29, 0.717) is 6.61 Å². The van der Waals surface area contributed by atoms with E-state index in [1.807, 2.05) is 24.3 Å². The summed E-state index contributed by atoms with van der Waals surface area (Å²) in [4.78, 5) is 27.0. The molecule has 2 aromatic rings. The van der Waals surface area contributed by atoms with E-state index in [2.05, 4.69) is 16.9 Å². The zero-order valence-electron chi connectivity index (χ0n) is 13.1. The average Bonchev–Trinajstić information content (AvgIpc) is 2.53. The average molecular weight is 331 g/mol. The third-order valence-corrected chi connectivity index (χ3v) is 3.16. The number of rotatable bonds is 7. The molecule has 2 N–H and O–H groups in total. The van der Waals surface area contributed by atoms with Crippen molar-refractivity contribution in [2.75, 3.05) is 6.61 Å². The summed E-state index contributed by atoms with van der Waals surface area (Å²) in [5, 5.41) is 20.1. The van der Waals surface area contributed by atoms with Crippen molar-refractivity contribution in [3.05, 3.63) is 56.1 Å². The first-order chi connectivity index (χ1) is 11.5. The van der Waals surface area contributed by atoms with E-state index >= 15 is 0 Å². The summed E-state index contributed by atoms with van der Waals surface area (Å²) in [6.07, 6.45) is 5.15. The summed E-state index contributed by atoms with van der Waals surface area (Å²) in [5.41, 5.74) is -1.16. The molecule has 1 aromatic heterocycles. The van der Waals surface area contributed by atoms with E-state index in [1.54, 1.807) is 6.08 Å². The van der Waals surface area contributed by atoms with E-state index in [-0.39, 0.29) is 5.82 Å². The Balaban J connectivity index is 2.11. The van der Waals surface area contributed by atoms with Crippen LogP contribution in [0.3, 0.4) is 0 Å². The third-order valence-electron chi connectivity index (χ3n) is 3.16. The maximum absolute atomic E-state index is 11.5. The highest BCUT2D eigenvalue weighted by molar-refractivity contribution is 5.67. The summed E-state index contributed by atoms with van der Waals surface area (Å²) in [6.45, 7) is 2.75. The highest BCUT2D eigenvalue weighted by Gasteiger charge is 2.21. The first kappa shape index (κ1) is 17.2. The minimum atomic E-state index is -1.01. The first-order valence-electron chi connectivity index (χ1n) is 7.40.